The second-order valence-electron chi connectivity index (χ2n) is 3.93. The van der Waals surface area contributed by atoms with Gasteiger partial charge in [0.2, 0.25) is 0 Å². The SMILES string of the molecule is CC(Cn1nnnc1-c1ccc(F)cc1)C(=O)O. The highest BCUT2D eigenvalue weighted by atomic mass is 19.1. The maximum Gasteiger partial charge on any atom is 0.308 e. The third kappa shape index (κ3) is 2.50. The van der Waals surface area contributed by atoms with Crippen LogP contribution in [0.5, 0.6) is 0 Å². The van der Waals surface area contributed by atoms with Crippen LogP contribution >= 0.6 is 0 Å². The van der Waals surface area contributed by atoms with E-state index in [4.69, 9.17) is 5.11 Å². The van der Waals surface area contributed by atoms with Gasteiger partial charge in [-0.15, -0.1) is 5.10 Å². The van der Waals surface area contributed by atoms with Crippen molar-refractivity contribution in [3.05, 3.63) is 30.1 Å². The van der Waals surface area contributed by atoms with E-state index >= 15 is 0 Å². The molecule has 0 amide bonds. The summed E-state index contributed by atoms with van der Waals surface area (Å²) in [4.78, 5) is 10.8. The molecule has 1 heterocycles. The molecule has 6 nitrogen and oxygen atoms in total. The Bertz CT molecular complexity index is 552. The minimum absolute atomic E-state index is 0.162. The molecule has 0 fully saturated rings. The summed E-state index contributed by atoms with van der Waals surface area (Å²) in [5.74, 6) is -1.46. The Morgan fingerprint density at radius 1 is 1.44 bits per heavy atom. The van der Waals surface area contributed by atoms with Crippen molar-refractivity contribution in [2.75, 3.05) is 0 Å². The topological polar surface area (TPSA) is 80.9 Å². The van der Waals surface area contributed by atoms with Crippen LogP contribution in [0, 0.1) is 11.7 Å². The molecule has 0 saturated carbocycles. The first-order chi connectivity index (χ1) is 8.58. The van der Waals surface area contributed by atoms with Gasteiger partial charge in [-0.2, -0.15) is 0 Å². The number of benzene rings is 1. The van der Waals surface area contributed by atoms with Crippen molar-refractivity contribution >= 4 is 5.97 Å². The molecule has 0 saturated heterocycles. The number of carbonyl (C=O) groups is 1. The second-order valence-corrected chi connectivity index (χ2v) is 3.93. The number of aliphatic carboxylic acids is 1. The third-order valence-corrected chi connectivity index (χ3v) is 2.50. The van der Waals surface area contributed by atoms with Gasteiger partial charge in [0, 0.05) is 5.56 Å². The largest absolute Gasteiger partial charge is 0.481 e. The smallest absolute Gasteiger partial charge is 0.308 e. The van der Waals surface area contributed by atoms with Gasteiger partial charge in [-0.3, -0.25) is 4.79 Å². The number of tetrazole rings is 1. The Hall–Kier alpha value is -2.31. The van der Waals surface area contributed by atoms with Gasteiger partial charge in [-0.1, -0.05) is 6.92 Å². The highest BCUT2D eigenvalue weighted by Gasteiger charge is 2.16. The molecule has 0 aliphatic carbocycles. The van der Waals surface area contributed by atoms with Crippen LogP contribution in [-0.4, -0.2) is 31.3 Å². The number of nitrogens with zero attached hydrogens (tertiary/aromatic N) is 4. The lowest BCUT2D eigenvalue weighted by Crippen LogP contribution is -2.18. The Morgan fingerprint density at radius 3 is 2.72 bits per heavy atom. The number of hydrogen-bond donors (Lipinski definition) is 1. The summed E-state index contributed by atoms with van der Waals surface area (Å²) in [7, 11) is 0. The van der Waals surface area contributed by atoms with Crippen LogP contribution in [0.25, 0.3) is 11.4 Å². The Balaban J connectivity index is 2.27. The molecular formula is C11H11FN4O2. The fraction of sp³-hybridized carbons (Fsp3) is 0.273. The maximum absolute atomic E-state index is 12.8. The van der Waals surface area contributed by atoms with Crippen molar-refractivity contribution in [3.8, 4) is 11.4 Å². The summed E-state index contributed by atoms with van der Waals surface area (Å²) in [6, 6.07) is 5.69. The molecular weight excluding hydrogens is 239 g/mol. The van der Waals surface area contributed by atoms with Gasteiger partial charge in [-0.05, 0) is 34.7 Å². The van der Waals surface area contributed by atoms with E-state index in [1.807, 2.05) is 0 Å². The van der Waals surface area contributed by atoms with Gasteiger partial charge in [0.1, 0.15) is 5.82 Å². The van der Waals surface area contributed by atoms with Crippen LogP contribution in [0.3, 0.4) is 0 Å². The number of aromatic nitrogens is 4. The molecule has 1 N–H and O–H groups in total. The molecule has 2 aromatic rings. The third-order valence-electron chi connectivity index (χ3n) is 2.50. The lowest BCUT2D eigenvalue weighted by Gasteiger charge is -2.07. The minimum Gasteiger partial charge on any atom is -0.481 e. The average Bonchev–Trinajstić information content (AvgIpc) is 2.78. The molecule has 1 unspecified atom stereocenters. The van der Waals surface area contributed by atoms with E-state index < -0.39 is 11.9 Å². The standard InChI is InChI=1S/C11H11FN4O2/c1-7(11(17)18)6-16-10(13-14-15-16)8-2-4-9(12)5-3-8/h2-5,7H,6H2,1H3,(H,17,18). The normalized spacial score (nSPS) is 12.3. The summed E-state index contributed by atoms with van der Waals surface area (Å²) in [6.07, 6.45) is 0. The number of halogens is 1. The first kappa shape index (κ1) is 12.2. The monoisotopic (exact) mass is 250 g/mol. The Labute approximate surface area is 102 Å². The van der Waals surface area contributed by atoms with Gasteiger partial charge in [-0.25, -0.2) is 9.07 Å². The van der Waals surface area contributed by atoms with Crippen molar-refractivity contribution in [3.63, 3.8) is 0 Å². The summed E-state index contributed by atoms with van der Waals surface area (Å²) in [5.41, 5.74) is 0.638. The number of carboxylic acid groups (broad SMARTS) is 1. The van der Waals surface area contributed by atoms with Crippen LogP contribution in [0.1, 0.15) is 6.92 Å². The molecule has 1 atom stereocenters. The molecule has 2 rings (SSSR count). The van der Waals surface area contributed by atoms with Crippen molar-refractivity contribution in [1.82, 2.24) is 20.2 Å². The van der Waals surface area contributed by atoms with Crippen LogP contribution in [0.2, 0.25) is 0 Å². The number of rotatable bonds is 4. The molecule has 18 heavy (non-hydrogen) atoms. The van der Waals surface area contributed by atoms with Gasteiger partial charge in [0.15, 0.2) is 5.82 Å². The first-order valence-electron chi connectivity index (χ1n) is 5.33. The van der Waals surface area contributed by atoms with Crippen LogP contribution in [0.15, 0.2) is 24.3 Å². The lowest BCUT2D eigenvalue weighted by atomic mass is 10.1. The molecule has 7 heteroatoms. The average molecular weight is 250 g/mol. The second kappa shape index (κ2) is 4.91. The summed E-state index contributed by atoms with van der Waals surface area (Å²) < 4.78 is 14.2. The number of hydrogen-bond acceptors (Lipinski definition) is 4. The molecule has 1 aromatic carbocycles. The predicted octanol–water partition coefficient (Wildman–Crippen LogP) is 1.20. The van der Waals surface area contributed by atoms with E-state index in [9.17, 15) is 9.18 Å². The summed E-state index contributed by atoms with van der Waals surface area (Å²) in [6.45, 7) is 1.73. The zero-order valence-corrected chi connectivity index (χ0v) is 9.62. The predicted molar refractivity (Wildman–Crippen MR) is 60.0 cm³/mol. The van der Waals surface area contributed by atoms with Crippen LogP contribution in [-0.2, 0) is 11.3 Å². The fourth-order valence-corrected chi connectivity index (χ4v) is 1.47. The molecule has 1 aromatic heterocycles. The van der Waals surface area contributed by atoms with E-state index in [0.29, 0.717) is 11.4 Å². The highest BCUT2D eigenvalue weighted by molar-refractivity contribution is 5.69. The summed E-state index contributed by atoms with van der Waals surface area (Å²) in [5, 5.41) is 19.9. The molecule has 0 spiro atoms. The molecule has 94 valence electrons. The zero-order valence-electron chi connectivity index (χ0n) is 9.62. The van der Waals surface area contributed by atoms with Crippen molar-refractivity contribution in [1.29, 1.82) is 0 Å². The molecule has 0 aliphatic rings. The maximum atomic E-state index is 12.8. The van der Waals surface area contributed by atoms with Crippen LogP contribution in [0.4, 0.5) is 4.39 Å². The number of carboxylic acids is 1. The van der Waals surface area contributed by atoms with Crippen LogP contribution < -0.4 is 0 Å². The van der Waals surface area contributed by atoms with Gasteiger partial charge < -0.3 is 5.11 Å². The minimum atomic E-state index is -0.921. The Kier molecular flexibility index (Phi) is 3.31. The molecule has 0 bridgehead atoms. The van der Waals surface area contributed by atoms with Gasteiger partial charge in [0.05, 0.1) is 12.5 Å². The van der Waals surface area contributed by atoms with E-state index in [1.165, 1.54) is 16.8 Å². The van der Waals surface area contributed by atoms with E-state index in [2.05, 4.69) is 15.5 Å². The van der Waals surface area contributed by atoms with Gasteiger partial charge >= 0.3 is 5.97 Å². The zero-order chi connectivity index (χ0) is 13.1. The van der Waals surface area contributed by atoms with Crippen molar-refractivity contribution in [2.45, 2.75) is 13.5 Å². The molecule has 0 aliphatic heterocycles. The first-order valence-corrected chi connectivity index (χ1v) is 5.33. The lowest BCUT2D eigenvalue weighted by molar-refractivity contribution is -0.141. The van der Waals surface area contributed by atoms with E-state index in [-0.39, 0.29) is 12.4 Å². The summed E-state index contributed by atoms with van der Waals surface area (Å²) >= 11 is 0. The van der Waals surface area contributed by atoms with E-state index in [0.717, 1.165) is 0 Å². The fourth-order valence-electron chi connectivity index (χ4n) is 1.47. The quantitative estimate of drug-likeness (QED) is 0.881. The van der Waals surface area contributed by atoms with E-state index in [1.54, 1.807) is 19.1 Å². The Morgan fingerprint density at radius 2 is 2.11 bits per heavy atom. The van der Waals surface area contributed by atoms with Gasteiger partial charge in [0.25, 0.3) is 0 Å². The van der Waals surface area contributed by atoms with Crippen molar-refractivity contribution < 1.29 is 14.3 Å². The highest BCUT2D eigenvalue weighted by Crippen LogP contribution is 2.17. The van der Waals surface area contributed by atoms with Crippen molar-refractivity contribution in [2.24, 2.45) is 5.92 Å². The molecule has 0 radical (unpaired) electrons.